The van der Waals surface area contributed by atoms with Crippen LogP contribution in [0, 0.1) is 11.8 Å². The maximum absolute atomic E-state index is 11.0. The zero-order valence-corrected chi connectivity index (χ0v) is 9.32. The summed E-state index contributed by atoms with van der Waals surface area (Å²) in [6.45, 7) is 3.68. The van der Waals surface area contributed by atoms with Gasteiger partial charge in [0.05, 0.1) is 0 Å². The lowest BCUT2D eigenvalue weighted by atomic mass is 9.79. The van der Waals surface area contributed by atoms with Gasteiger partial charge in [0, 0.05) is 12.0 Å². The zero-order chi connectivity index (χ0) is 11.4. The van der Waals surface area contributed by atoms with Crippen LogP contribution in [0.25, 0.3) is 0 Å². The molecular formula is C12H18O3. The Morgan fingerprint density at radius 1 is 1.60 bits per heavy atom. The van der Waals surface area contributed by atoms with Crippen LogP contribution in [0.4, 0.5) is 0 Å². The maximum atomic E-state index is 11.0. The highest BCUT2D eigenvalue weighted by atomic mass is 16.4. The van der Waals surface area contributed by atoms with Crippen LogP contribution in [0.15, 0.2) is 11.6 Å². The molecule has 0 aromatic carbocycles. The first-order valence-electron chi connectivity index (χ1n) is 5.42. The van der Waals surface area contributed by atoms with Gasteiger partial charge in [-0.2, -0.15) is 0 Å². The number of allylic oxidation sites excluding steroid dienone is 1. The van der Waals surface area contributed by atoms with E-state index in [9.17, 15) is 9.59 Å². The SMILES string of the molecule is CC(=O)C[C@@H](C)[C@@H]1CC=C(C(=O)O)CC1. The van der Waals surface area contributed by atoms with Crippen LogP contribution in [0.1, 0.15) is 39.5 Å². The van der Waals surface area contributed by atoms with E-state index in [1.54, 1.807) is 6.92 Å². The molecule has 1 N–H and O–H groups in total. The predicted molar refractivity (Wildman–Crippen MR) is 57.5 cm³/mol. The number of aliphatic carboxylic acids is 1. The summed E-state index contributed by atoms with van der Waals surface area (Å²) in [5, 5.41) is 8.79. The molecule has 0 aliphatic heterocycles. The molecule has 0 fully saturated rings. The Labute approximate surface area is 90.2 Å². The number of carbonyl (C=O) groups is 2. The second kappa shape index (κ2) is 5.10. The molecule has 1 rings (SSSR count). The third-order valence-corrected chi connectivity index (χ3v) is 3.14. The van der Waals surface area contributed by atoms with Gasteiger partial charge in [0.1, 0.15) is 5.78 Å². The van der Waals surface area contributed by atoms with E-state index in [1.165, 1.54) is 0 Å². The Morgan fingerprint density at radius 3 is 2.67 bits per heavy atom. The molecule has 0 unspecified atom stereocenters. The summed E-state index contributed by atoms with van der Waals surface area (Å²) in [6.07, 6.45) is 4.76. The van der Waals surface area contributed by atoms with E-state index in [0.717, 1.165) is 12.8 Å². The highest BCUT2D eigenvalue weighted by molar-refractivity contribution is 5.86. The highest BCUT2D eigenvalue weighted by Crippen LogP contribution is 2.31. The Balaban J connectivity index is 2.49. The van der Waals surface area contributed by atoms with Crippen molar-refractivity contribution in [1.29, 1.82) is 0 Å². The largest absolute Gasteiger partial charge is 0.478 e. The van der Waals surface area contributed by atoms with Gasteiger partial charge in [-0.25, -0.2) is 4.79 Å². The number of carbonyl (C=O) groups excluding carboxylic acids is 1. The molecule has 0 aromatic rings. The van der Waals surface area contributed by atoms with E-state index in [4.69, 9.17) is 5.11 Å². The first-order valence-corrected chi connectivity index (χ1v) is 5.42. The Kier molecular flexibility index (Phi) is 4.06. The van der Waals surface area contributed by atoms with Gasteiger partial charge in [-0.05, 0) is 38.0 Å². The molecule has 84 valence electrons. The van der Waals surface area contributed by atoms with Crippen LogP contribution < -0.4 is 0 Å². The fourth-order valence-corrected chi connectivity index (χ4v) is 2.19. The summed E-state index contributed by atoms with van der Waals surface area (Å²) < 4.78 is 0. The van der Waals surface area contributed by atoms with Crippen molar-refractivity contribution < 1.29 is 14.7 Å². The van der Waals surface area contributed by atoms with E-state index in [1.807, 2.05) is 6.08 Å². The Morgan fingerprint density at radius 2 is 2.27 bits per heavy atom. The van der Waals surface area contributed by atoms with Crippen molar-refractivity contribution in [3.63, 3.8) is 0 Å². The van der Waals surface area contributed by atoms with Crippen molar-refractivity contribution >= 4 is 11.8 Å². The van der Waals surface area contributed by atoms with Gasteiger partial charge < -0.3 is 9.90 Å². The Hall–Kier alpha value is -1.12. The van der Waals surface area contributed by atoms with E-state index in [2.05, 4.69) is 6.92 Å². The van der Waals surface area contributed by atoms with Crippen molar-refractivity contribution in [3.05, 3.63) is 11.6 Å². The van der Waals surface area contributed by atoms with Gasteiger partial charge in [-0.15, -0.1) is 0 Å². The molecule has 0 saturated heterocycles. The van der Waals surface area contributed by atoms with Crippen molar-refractivity contribution in [2.45, 2.75) is 39.5 Å². The van der Waals surface area contributed by atoms with Gasteiger partial charge in [0.25, 0.3) is 0 Å². The molecule has 3 nitrogen and oxygen atoms in total. The number of carboxylic acid groups (broad SMARTS) is 1. The lowest BCUT2D eigenvalue weighted by Crippen LogP contribution is -2.18. The summed E-state index contributed by atoms with van der Waals surface area (Å²) in [5.74, 6) is 0.259. The number of Topliss-reactive ketones (excluding diaryl/α,β-unsaturated/α-hetero) is 1. The summed E-state index contributed by atoms with van der Waals surface area (Å²) >= 11 is 0. The van der Waals surface area contributed by atoms with Crippen LogP contribution in [0.2, 0.25) is 0 Å². The minimum atomic E-state index is -0.798. The lowest BCUT2D eigenvalue weighted by molar-refractivity contribution is -0.133. The fourth-order valence-electron chi connectivity index (χ4n) is 2.19. The molecule has 0 bridgehead atoms. The van der Waals surface area contributed by atoms with E-state index in [0.29, 0.717) is 30.3 Å². The molecule has 15 heavy (non-hydrogen) atoms. The van der Waals surface area contributed by atoms with Crippen LogP contribution in [0.3, 0.4) is 0 Å². The molecule has 0 radical (unpaired) electrons. The average molecular weight is 210 g/mol. The summed E-state index contributed by atoms with van der Waals surface area (Å²) in [6, 6.07) is 0. The number of ketones is 1. The Bertz CT molecular complexity index is 291. The summed E-state index contributed by atoms with van der Waals surface area (Å²) in [7, 11) is 0. The molecule has 0 spiro atoms. The summed E-state index contributed by atoms with van der Waals surface area (Å²) in [5.41, 5.74) is 0.529. The first kappa shape index (κ1) is 12.0. The van der Waals surface area contributed by atoms with Crippen molar-refractivity contribution in [3.8, 4) is 0 Å². The van der Waals surface area contributed by atoms with Crippen LogP contribution >= 0.6 is 0 Å². The van der Waals surface area contributed by atoms with E-state index >= 15 is 0 Å². The molecule has 0 saturated carbocycles. The van der Waals surface area contributed by atoms with Crippen molar-refractivity contribution in [1.82, 2.24) is 0 Å². The summed E-state index contributed by atoms with van der Waals surface area (Å²) in [4.78, 5) is 21.6. The number of hydrogen-bond donors (Lipinski definition) is 1. The molecule has 0 amide bonds. The number of hydrogen-bond acceptors (Lipinski definition) is 2. The smallest absolute Gasteiger partial charge is 0.331 e. The molecule has 1 aliphatic carbocycles. The quantitative estimate of drug-likeness (QED) is 0.775. The van der Waals surface area contributed by atoms with Gasteiger partial charge >= 0.3 is 5.97 Å². The topological polar surface area (TPSA) is 54.4 Å². The first-order chi connectivity index (χ1) is 7.00. The molecule has 2 atom stereocenters. The van der Waals surface area contributed by atoms with Gasteiger partial charge in [0.2, 0.25) is 0 Å². The molecule has 3 heteroatoms. The minimum absolute atomic E-state index is 0.218. The monoisotopic (exact) mass is 210 g/mol. The molecule has 0 aromatic heterocycles. The van der Waals surface area contributed by atoms with Crippen molar-refractivity contribution in [2.24, 2.45) is 11.8 Å². The lowest BCUT2D eigenvalue weighted by Gasteiger charge is -2.25. The fraction of sp³-hybridized carbons (Fsp3) is 0.667. The third-order valence-electron chi connectivity index (χ3n) is 3.14. The van der Waals surface area contributed by atoms with Gasteiger partial charge in [-0.1, -0.05) is 13.0 Å². The molecule has 1 aliphatic rings. The van der Waals surface area contributed by atoms with E-state index in [-0.39, 0.29) is 5.78 Å². The van der Waals surface area contributed by atoms with Crippen molar-refractivity contribution in [2.75, 3.05) is 0 Å². The highest BCUT2D eigenvalue weighted by Gasteiger charge is 2.23. The third kappa shape index (κ3) is 3.50. The average Bonchev–Trinajstić information content (AvgIpc) is 2.17. The number of carboxylic acids is 1. The van der Waals surface area contributed by atoms with Gasteiger partial charge in [0.15, 0.2) is 0 Å². The standard InChI is InChI=1S/C12H18O3/c1-8(7-9(2)13)10-3-5-11(6-4-10)12(14)15/h5,8,10H,3-4,6-7H2,1-2H3,(H,14,15)/t8-,10-/m1/s1. The van der Waals surface area contributed by atoms with Crippen LogP contribution in [-0.2, 0) is 9.59 Å². The maximum Gasteiger partial charge on any atom is 0.331 e. The zero-order valence-electron chi connectivity index (χ0n) is 9.32. The van der Waals surface area contributed by atoms with Crippen LogP contribution in [-0.4, -0.2) is 16.9 Å². The molecule has 0 heterocycles. The molecular weight excluding hydrogens is 192 g/mol. The second-order valence-electron chi connectivity index (χ2n) is 4.45. The number of rotatable bonds is 4. The minimum Gasteiger partial charge on any atom is -0.478 e. The predicted octanol–water partition coefficient (Wildman–Crippen LogP) is 2.41. The second-order valence-corrected chi connectivity index (χ2v) is 4.45. The normalized spacial score (nSPS) is 23.1. The van der Waals surface area contributed by atoms with E-state index < -0.39 is 5.97 Å². The van der Waals surface area contributed by atoms with Crippen LogP contribution in [0.5, 0.6) is 0 Å². The van der Waals surface area contributed by atoms with Gasteiger partial charge in [-0.3, -0.25) is 0 Å².